The minimum Gasteiger partial charge on any atom is -0.748 e. The second-order valence-corrected chi connectivity index (χ2v) is 32.0. The quantitative estimate of drug-likeness (QED) is 0.00886. The van der Waals surface area contributed by atoms with E-state index in [0.29, 0.717) is 75.1 Å². The Balaban J connectivity index is 0.00000268. The minimum atomic E-state index is -4.40. The second-order valence-electron chi connectivity index (χ2n) is 28.1. The Bertz CT molecular complexity index is 4740. The first-order chi connectivity index (χ1) is 53.7. The summed E-state index contributed by atoms with van der Waals surface area (Å²) in [5.74, 6) is -6.31. The van der Waals surface area contributed by atoms with Gasteiger partial charge in [0.1, 0.15) is 35.7 Å². The van der Waals surface area contributed by atoms with E-state index in [9.17, 15) is 74.5 Å². The van der Waals surface area contributed by atoms with E-state index in [1.165, 1.54) is 0 Å². The molecule has 4 aromatic carbocycles. The Morgan fingerprint density at radius 3 is 1.84 bits per heavy atom. The SMILES string of the molecule is C.CC1(C)C(=CC=C2CCCC(C=CC3=[N+](CCCCS(=O)(=O)O)c4ccccc4C3(C)C)=C2Oc2ccc(C[C@H](CC(=O)[C@H](Cc3ccccc3)NC(=O)CCCCCC(=O)CC(=N)CC(=O)CC[C@H](NC(=O)NCCCC(=O)O)C(=O)O)C(=O)O)cc2)N(CCCCS(=O)(=O)[O-])c2ccccc21.O=C=O.O=S(=O)=O.O=S(=O)=O. The molecule has 7 rings (SSSR count). The van der Waals surface area contributed by atoms with Crippen molar-refractivity contribution in [2.45, 2.75) is 193 Å². The number of ketones is 3. The molecule has 626 valence electrons. The van der Waals surface area contributed by atoms with E-state index in [1.54, 1.807) is 48.5 Å². The van der Waals surface area contributed by atoms with Crippen molar-refractivity contribution in [2.75, 3.05) is 36.0 Å². The van der Waals surface area contributed by atoms with E-state index in [4.69, 9.17) is 50.1 Å². The number of ether oxygens (including phenoxy) is 1. The van der Waals surface area contributed by atoms with E-state index in [-0.39, 0.29) is 108 Å². The monoisotopic (exact) mass is 1680 g/mol. The molecule has 4 aromatic rings. The van der Waals surface area contributed by atoms with E-state index < -0.39 is 130 Å². The third-order valence-electron chi connectivity index (χ3n) is 18.8. The molecule has 0 spiro atoms. The number of carbonyl (C=O) groups is 8. The number of benzene rings is 4. The lowest BCUT2D eigenvalue weighted by Gasteiger charge is -2.28. The number of para-hydroxylation sites is 2. The van der Waals surface area contributed by atoms with Gasteiger partial charge in [-0.25, -0.2) is 18.0 Å². The van der Waals surface area contributed by atoms with E-state index >= 15 is 0 Å². The Labute approximate surface area is 671 Å². The molecule has 2 heterocycles. The van der Waals surface area contributed by atoms with Crippen LogP contribution in [0.1, 0.15) is 179 Å². The molecule has 115 heavy (non-hydrogen) atoms. The van der Waals surface area contributed by atoms with Crippen molar-refractivity contribution in [3.05, 3.63) is 172 Å². The first-order valence-corrected chi connectivity index (χ1v) is 41.7. The van der Waals surface area contributed by atoms with Crippen molar-refractivity contribution in [1.82, 2.24) is 16.0 Å². The highest BCUT2D eigenvalue weighted by atomic mass is 32.2. The molecule has 0 unspecified atom stereocenters. The number of carboxylic acids is 3. The summed E-state index contributed by atoms with van der Waals surface area (Å²) in [5.41, 5.74) is 8.16. The number of allylic oxidation sites excluding steroid dienone is 7. The molecule has 8 N–H and O–H groups in total. The average Bonchev–Trinajstić information content (AvgIpc) is 1.60. The lowest BCUT2D eigenvalue weighted by molar-refractivity contribution is -0.438. The number of rotatable bonds is 43. The van der Waals surface area contributed by atoms with Gasteiger partial charge in [0.05, 0.1) is 33.2 Å². The number of unbranched alkanes of at least 4 members (excludes halogenated alkanes) is 4. The molecule has 0 radical (unpaired) electrons. The number of urea groups is 1. The van der Waals surface area contributed by atoms with Crippen LogP contribution in [-0.2, 0) is 108 Å². The maximum Gasteiger partial charge on any atom is 0.425 e. The van der Waals surface area contributed by atoms with Crippen LogP contribution in [0.5, 0.6) is 5.75 Å². The summed E-state index contributed by atoms with van der Waals surface area (Å²) in [5, 5.41) is 44.6. The number of anilines is 1. The topological polar surface area (TPSA) is 521 Å². The average molecular weight is 1680 g/mol. The highest BCUT2D eigenvalue weighted by molar-refractivity contribution is 7.86. The number of carbonyl (C=O) groups excluding carboxylic acids is 7. The van der Waals surface area contributed by atoms with E-state index in [1.807, 2.05) is 42.5 Å². The van der Waals surface area contributed by atoms with Gasteiger partial charge in [-0.3, -0.25) is 33.3 Å². The van der Waals surface area contributed by atoms with Crippen LogP contribution in [0.4, 0.5) is 16.2 Å². The number of amides is 3. The summed E-state index contributed by atoms with van der Waals surface area (Å²) < 4.78 is 128. The normalized spacial score (nSPS) is 15.2. The largest absolute Gasteiger partial charge is 0.748 e. The van der Waals surface area contributed by atoms with Crippen LogP contribution >= 0.6 is 0 Å². The van der Waals surface area contributed by atoms with Crippen LogP contribution in [0, 0.1) is 11.3 Å². The molecule has 32 nitrogen and oxygen atoms in total. The number of carboxylic acid groups (broad SMARTS) is 3. The van der Waals surface area contributed by atoms with Gasteiger partial charge in [0.2, 0.25) is 11.6 Å². The van der Waals surface area contributed by atoms with E-state index in [2.05, 4.69) is 89.6 Å². The molecule has 0 bridgehead atoms. The fraction of sp³-hybridized carbons (Fsp3) is 0.456. The first-order valence-electron chi connectivity index (χ1n) is 36.5. The number of Topliss-reactive ketones (excluding diaryl/α,β-unsaturated/α-hetero) is 3. The van der Waals surface area contributed by atoms with Crippen LogP contribution in [0.3, 0.4) is 0 Å². The van der Waals surface area contributed by atoms with Gasteiger partial charge in [0, 0.05) is 110 Å². The Morgan fingerprint density at radius 2 is 1.23 bits per heavy atom. The Morgan fingerprint density at radius 1 is 0.652 bits per heavy atom. The Hall–Kier alpha value is -10.6. The summed E-state index contributed by atoms with van der Waals surface area (Å²) in [7, 11) is -14.8. The number of aliphatic carboxylic acids is 3. The van der Waals surface area contributed by atoms with Crippen molar-refractivity contribution in [3.63, 3.8) is 0 Å². The van der Waals surface area contributed by atoms with Crippen LogP contribution in [0.15, 0.2) is 150 Å². The zero-order chi connectivity index (χ0) is 84.9. The smallest absolute Gasteiger partial charge is 0.425 e. The zero-order valence-electron chi connectivity index (χ0n) is 63.5. The maximum atomic E-state index is 14.3. The van der Waals surface area contributed by atoms with Gasteiger partial charge in [0.25, 0.3) is 10.1 Å². The van der Waals surface area contributed by atoms with Gasteiger partial charge in [-0.05, 0) is 149 Å². The van der Waals surface area contributed by atoms with Crippen molar-refractivity contribution >= 4 is 118 Å². The van der Waals surface area contributed by atoms with Crippen LogP contribution in [0.2, 0.25) is 0 Å². The van der Waals surface area contributed by atoms with Gasteiger partial charge in [-0.1, -0.05) is 113 Å². The summed E-state index contributed by atoms with van der Waals surface area (Å²) in [6.45, 7) is 9.51. The molecule has 3 atom stereocenters. The molecular formula is C79H100N6O26S4. The lowest BCUT2D eigenvalue weighted by atomic mass is 9.81. The molecule has 0 saturated carbocycles. The van der Waals surface area contributed by atoms with Crippen molar-refractivity contribution in [1.29, 1.82) is 5.41 Å². The number of nitrogens with zero attached hydrogens (tertiary/aromatic N) is 2. The minimum absolute atomic E-state index is 0. The third kappa shape index (κ3) is 35.3. The number of hydrogen-bond donors (Lipinski definition) is 8. The molecular weight excluding hydrogens is 1580 g/mol. The summed E-state index contributed by atoms with van der Waals surface area (Å²) in [6, 6.07) is 28.8. The fourth-order valence-electron chi connectivity index (χ4n) is 13.4. The molecule has 0 fully saturated rings. The van der Waals surface area contributed by atoms with Crippen LogP contribution in [-0.4, -0.2) is 179 Å². The fourth-order valence-corrected chi connectivity index (χ4v) is 14.5. The molecule has 3 amide bonds. The second kappa shape index (κ2) is 48.6. The predicted octanol–water partition coefficient (Wildman–Crippen LogP) is 9.00. The lowest BCUT2D eigenvalue weighted by Crippen LogP contribution is -2.46. The van der Waals surface area contributed by atoms with Gasteiger partial charge < -0.3 is 50.9 Å². The number of nitrogens with one attached hydrogen (secondary N) is 4. The Kier molecular flexibility index (Phi) is 41.6. The van der Waals surface area contributed by atoms with Crippen molar-refractivity contribution in [2.24, 2.45) is 5.92 Å². The number of fused-ring (bicyclic) bond motifs is 2. The molecule has 36 heteroatoms. The maximum absolute atomic E-state index is 14.3. The predicted molar refractivity (Wildman–Crippen MR) is 421 cm³/mol. The molecule has 3 aliphatic rings. The highest BCUT2D eigenvalue weighted by Crippen LogP contribution is 2.48. The summed E-state index contributed by atoms with van der Waals surface area (Å²) >= 11 is 0. The zero-order valence-corrected chi connectivity index (χ0v) is 66.8. The molecule has 2 aliphatic heterocycles. The van der Waals surface area contributed by atoms with Crippen molar-refractivity contribution in [3.8, 4) is 5.75 Å². The van der Waals surface area contributed by atoms with Crippen LogP contribution < -0.4 is 25.6 Å². The van der Waals surface area contributed by atoms with Gasteiger partial charge in [-0.15, -0.1) is 25.3 Å². The standard InChI is InChI=1S/C77H96N6O18S2.CO2.CH4.2O3S/c1-76(2)61-26-11-13-28-65(61)82(43-15-17-45-102(95,96)97)68(76)40-34-54-23-19-24-55(35-41-69-77(3,4)62-27-12-14-29-66(62)83(69)44-16-18-46-103(98,99)100)72(54)101-60-37-32-53(33-38-60)47-56(73(90)91)49-67(86)64(48-52-21-7-5-8-22-52)80-70(87)30-10-6-9-25-58(84)50-57(78)51-59(85)36-39-63(74(92)93)81-75(94)79-42-20-31-71(88)89;2-1-3;;2*1-4(2)3/h5,7-8,11-14,21-22,26-29,32-35,37-38,40-41,56,63-64,78H,6,9-10,15-20,23-25,30-31,36,39,42-51H2,1-4H3,(H7-,79,80,81,87,88,89,90,91,92,93,94,95,96,97,98,99,100);;1H4;;/t56-,63+,64+;;;;/m1..../s1. The van der Waals surface area contributed by atoms with Gasteiger partial charge in [0.15, 0.2) is 11.5 Å². The van der Waals surface area contributed by atoms with Gasteiger partial charge >= 0.3 is 51.3 Å². The summed E-state index contributed by atoms with van der Waals surface area (Å²) in [6.07, 6.45) is 11.6. The molecule has 1 aliphatic carbocycles. The summed E-state index contributed by atoms with van der Waals surface area (Å²) in [4.78, 5) is 119. The number of hydrogen-bond acceptors (Lipinski definition) is 24. The van der Waals surface area contributed by atoms with Gasteiger partial charge in [-0.2, -0.15) is 22.6 Å². The molecule has 0 aromatic heterocycles. The van der Waals surface area contributed by atoms with Crippen LogP contribution in [0.25, 0.3) is 0 Å². The third-order valence-corrected chi connectivity index (χ3v) is 20.4. The first kappa shape index (κ1) is 98.6. The molecule has 0 saturated heterocycles. The van der Waals surface area contributed by atoms with Crippen molar-refractivity contribution < 1.29 is 124 Å². The highest BCUT2D eigenvalue weighted by Gasteiger charge is 2.44. The van der Waals surface area contributed by atoms with E-state index in [0.717, 1.165) is 57.0 Å².